The van der Waals surface area contributed by atoms with Gasteiger partial charge in [-0.15, -0.1) is 0 Å². The van der Waals surface area contributed by atoms with Gasteiger partial charge in [-0.25, -0.2) is 4.98 Å². The number of carbonyl (C=O) groups is 1. The van der Waals surface area contributed by atoms with E-state index in [9.17, 15) is 26.4 Å². The van der Waals surface area contributed by atoms with Crippen LogP contribution in [0.5, 0.6) is 5.88 Å². The molecule has 0 radical (unpaired) electrons. The number of carbonyl (C=O) groups excluding carboxylic acids is 1. The molecule has 1 atom stereocenters. The molecule has 1 saturated heterocycles. The summed E-state index contributed by atoms with van der Waals surface area (Å²) in [5.74, 6) is 0.0865. The maximum atomic E-state index is 12.8. The van der Waals surface area contributed by atoms with Crippen LogP contribution in [0.4, 0.5) is 13.2 Å². The van der Waals surface area contributed by atoms with Gasteiger partial charge in [0.1, 0.15) is 0 Å². The molecule has 12 heteroatoms. The highest BCUT2D eigenvalue weighted by molar-refractivity contribution is 7.91. The average molecular weight is 461 g/mol. The minimum Gasteiger partial charge on any atom is -0.467 e. The zero-order chi connectivity index (χ0) is 22.2. The first-order valence-corrected chi connectivity index (χ1v) is 11.5. The van der Waals surface area contributed by atoms with E-state index in [2.05, 4.69) is 9.38 Å². The van der Waals surface area contributed by atoms with Gasteiger partial charge in [0.2, 0.25) is 5.88 Å². The zero-order valence-electron chi connectivity index (χ0n) is 16.5. The van der Waals surface area contributed by atoms with E-state index in [0.717, 1.165) is 31.2 Å². The number of aromatic nitrogens is 1. The second-order valence-electron chi connectivity index (χ2n) is 7.85. The summed E-state index contributed by atoms with van der Waals surface area (Å²) in [4.78, 5) is 18.3. The molecule has 2 fully saturated rings. The van der Waals surface area contributed by atoms with Gasteiger partial charge in [0.25, 0.3) is 5.91 Å². The highest BCUT2D eigenvalue weighted by atomic mass is 32.2. The molecule has 2 bridgehead atoms. The van der Waals surface area contributed by atoms with E-state index in [0.29, 0.717) is 5.88 Å². The van der Waals surface area contributed by atoms with Gasteiger partial charge in [-0.3, -0.25) is 4.79 Å². The minimum absolute atomic E-state index is 0.0325. The lowest BCUT2D eigenvalue weighted by atomic mass is 9.83. The predicted molar refractivity (Wildman–Crippen MR) is 103 cm³/mol. The van der Waals surface area contributed by atoms with Crippen LogP contribution in [-0.2, 0) is 19.6 Å². The molecule has 5 rings (SSSR count). The number of alkyl halides is 3. The van der Waals surface area contributed by atoms with Crippen molar-refractivity contribution in [2.24, 2.45) is 4.40 Å². The number of pyridine rings is 1. The third-order valence-electron chi connectivity index (χ3n) is 5.96. The molecule has 1 aromatic heterocycles. The van der Waals surface area contributed by atoms with Crippen molar-refractivity contribution in [3.8, 4) is 5.88 Å². The number of ether oxygens (including phenoxy) is 2. The van der Waals surface area contributed by atoms with Crippen molar-refractivity contribution in [2.75, 3.05) is 19.8 Å². The van der Waals surface area contributed by atoms with Crippen LogP contribution in [0.15, 0.2) is 22.7 Å². The largest absolute Gasteiger partial charge is 0.518 e. The lowest BCUT2D eigenvalue weighted by molar-refractivity contribution is -0.135. The van der Waals surface area contributed by atoms with Crippen LogP contribution >= 0.6 is 0 Å². The monoisotopic (exact) mass is 461 g/mol. The summed E-state index contributed by atoms with van der Waals surface area (Å²) in [5.41, 5.74) is -4.81. The van der Waals surface area contributed by atoms with Crippen LogP contribution in [-0.4, -0.2) is 67.3 Å². The second kappa shape index (κ2) is 8.38. The number of hydrogen-bond donors (Lipinski definition) is 0. The fraction of sp³-hybridized carbons (Fsp3) is 0.632. The molecule has 4 aliphatic rings. The molecule has 1 saturated carbocycles. The first-order valence-electron chi connectivity index (χ1n) is 10.0. The summed E-state index contributed by atoms with van der Waals surface area (Å²) in [5, 5.41) is 0. The highest BCUT2D eigenvalue weighted by Crippen LogP contribution is 2.38. The minimum atomic E-state index is -5.70. The van der Waals surface area contributed by atoms with Crippen molar-refractivity contribution in [2.45, 2.75) is 55.7 Å². The topological polar surface area (TPSA) is 98.2 Å². The van der Waals surface area contributed by atoms with Gasteiger partial charge >= 0.3 is 15.5 Å². The first kappa shape index (κ1) is 22.0. The molecule has 0 aromatic carbocycles. The summed E-state index contributed by atoms with van der Waals surface area (Å²) >= 11 is 0. The fourth-order valence-corrected chi connectivity index (χ4v) is 4.98. The van der Waals surface area contributed by atoms with Gasteiger partial charge in [-0.2, -0.15) is 26.0 Å². The van der Waals surface area contributed by atoms with Crippen LogP contribution in [0.2, 0.25) is 0 Å². The Bertz CT molecular complexity index is 974. The number of amides is 1. The van der Waals surface area contributed by atoms with Crippen molar-refractivity contribution >= 4 is 21.6 Å². The molecular formula is C19H22F3N3O5S. The van der Waals surface area contributed by atoms with Crippen LogP contribution < -0.4 is 4.74 Å². The van der Waals surface area contributed by atoms with Crippen LogP contribution in [0.3, 0.4) is 0 Å². The quantitative estimate of drug-likeness (QED) is 0.637. The normalized spacial score (nSPS) is 28.9. The molecule has 8 nitrogen and oxygen atoms in total. The van der Waals surface area contributed by atoms with Crippen LogP contribution in [0.1, 0.15) is 43.6 Å². The van der Waals surface area contributed by atoms with Crippen molar-refractivity contribution in [1.29, 1.82) is 0 Å². The number of sulfonamides is 1. The Balaban J connectivity index is 1.64. The van der Waals surface area contributed by atoms with Crippen molar-refractivity contribution < 1.29 is 35.9 Å². The van der Waals surface area contributed by atoms with Gasteiger partial charge in [-0.05, 0) is 37.7 Å². The number of hydrogen-bond acceptors (Lipinski definition) is 6. The van der Waals surface area contributed by atoms with E-state index in [-0.39, 0.29) is 43.9 Å². The van der Waals surface area contributed by atoms with E-state index in [1.54, 1.807) is 6.20 Å². The second-order valence-corrected chi connectivity index (χ2v) is 9.45. The lowest BCUT2D eigenvalue weighted by Crippen LogP contribution is -2.44. The maximum absolute atomic E-state index is 12.8. The molecule has 1 aromatic rings. The Kier molecular flexibility index (Phi) is 5.95. The third-order valence-corrected chi connectivity index (χ3v) is 7.02. The molecule has 4 heterocycles. The molecule has 0 spiro atoms. The van der Waals surface area contributed by atoms with Gasteiger partial charge in [-0.1, -0.05) is 6.07 Å². The predicted octanol–water partition coefficient (Wildman–Crippen LogP) is 2.41. The Morgan fingerprint density at radius 3 is 2.65 bits per heavy atom. The Morgan fingerprint density at radius 2 is 1.94 bits per heavy atom. The van der Waals surface area contributed by atoms with E-state index < -0.39 is 27.5 Å². The van der Waals surface area contributed by atoms with Crippen LogP contribution in [0, 0.1) is 0 Å². The third kappa shape index (κ3) is 4.54. The van der Waals surface area contributed by atoms with Crippen molar-refractivity contribution in [1.82, 2.24) is 9.88 Å². The molecule has 31 heavy (non-hydrogen) atoms. The molecular weight excluding hydrogens is 439 g/mol. The molecule has 1 unspecified atom stereocenters. The van der Waals surface area contributed by atoms with Crippen LogP contribution in [0.25, 0.3) is 0 Å². The summed E-state index contributed by atoms with van der Waals surface area (Å²) in [6, 6.07) is 2.74. The van der Waals surface area contributed by atoms with Gasteiger partial charge < -0.3 is 14.4 Å². The highest BCUT2D eigenvalue weighted by Gasteiger charge is 2.47. The van der Waals surface area contributed by atoms with Gasteiger partial charge in [0, 0.05) is 24.7 Å². The average Bonchev–Trinajstić information content (AvgIpc) is 3.12. The molecule has 3 aliphatic heterocycles. The van der Waals surface area contributed by atoms with E-state index in [4.69, 9.17) is 9.47 Å². The first-order chi connectivity index (χ1) is 14.7. The lowest BCUT2D eigenvalue weighted by Gasteiger charge is -2.30. The number of halogens is 3. The number of rotatable bonds is 1. The van der Waals surface area contributed by atoms with Crippen molar-refractivity contribution in [3.63, 3.8) is 0 Å². The van der Waals surface area contributed by atoms with Crippen molar-refractivity contribution in [3.05, 3.63) is 23.9 Å². The summed E-state index contributed by atoms with van der Waals surface area (Å²) in [6.45, 7) is -0.445. The summed E-state index contributed by atoms with van der Waals surface area (Å²) < 4.78 is 76.2. The number of fused-ring (bicyclic) bond motifs is 5. The Hall–Kier alpha value is -2.21. The molecule has 170 valence electrons. The summed E-state index contributed by atoms with van der Waals surface area (Å²) in [7, 11) is -5.70. The standard InChI is InChI=1S/C19H22F3N3O5S/c20-19(21,22)31(27,28)24-15-7-9-25-16(15)10-29-13-5-3-12(4-6-13)14-2-1-8-23-18(14)30-11-17(25)26/h1-2,8,12-13,16H,3-7,9-11H2/b24-15+. The van der Waals surface area contributed by atoms with E-state index in [1.165, 1.54) is 4.90 Å². The summed E-state index contributed by atoms with van der Waals surface area (Å²) in [6.07, 6.45) is 4.45. The van der Waals surface area contributed by atoms with E-state index >= 15 is 0 Å². The number of nitrogens with zero attached hydrogens (tertiary/aromatic N) is 3. The molecule has 1 amide bonds. The fourth-order valence-electron chi connectivity index (χ4n) is 4.35. The molecule has 0 N–H and O–H groups in total. The SMILES string of the molecule is O=C1COc2ncccc2C2CCC(CC2)OCC2/C(=N/S(=O)(=O)C(F)(F)F)CCN12. The zero-order valence-corrected chi connectivity index (χ0v) is 17.4. The van der Waals surface area contributed by atoms with E-state index in [1.807, 2.05) is 12.1 Å². The smallest absolute Gasteiger partial charge is 0.467 e. The maximum Gasteiger partial charge on any atom is 0.518 e. The van der Waals surface area contributed by atoms with Gasteiger partial charge in [0.05, 0.1) is 24.5 Å². The molecule has 1 aliphatic carbocycles. The van der Waals surface area contributed by atoms with Gasteiger partial charge in [0.15, 0.2) is 6.61 Å². The Labute approximate surface area is 177 Å². The Morgan fingerprint density at radius 1 is 1.19 bits per heavy atom.